The van der Waals surface area contributed by atoms with Crippen LogP contribution in [0.25, 0.3) is 0 Å². The lowest BCUT2D eigenvalue weighted by Crippen LogP contribution is -2.28. The highest BCUT2D eigenvalue weighted by Gasteiger charge is 2.10. The van der Waals surface area contributed by atoms with Gasteiger partial charge in [-0.2, -0.15) is 0 Å². The molecule has 1 aromatic carbocycles. The van der Waals surface area contributed by atoms with E-state index in [-0.39, 0.29) is 5.82 Å². The summed E-state index contributed by atoms with van der Waals surface area (Å²) in [5.41, 5.74) is 3.52. The molecule has 2 aromatic rings. The van der Waals surface area contributed by atoms with Crippen LogP contribution in [0.4, 0.5) is 4.39 Å². The van der Waals surface area contributed by atoms with Gasteiger partial charge >= 0.3 is 0 Å². The smallest absolute Gasteiger partial charge is 0.123 e. The van der Waals surface area contributed by atoms with E-state index in [1.807, 2.05) is 44.6 Å². The van der Waals surface area contributed by atoms with Crippen LogP contribution in [-0.2, 0) is 12.8 Å². The van der Waals surface area contributed by atoms with Crippen molar-refractivity contribution in [2.45, 2.75) is 32.2 Å². The zero-order valence-corrected chi connectivity index (χ0v) is 12.1. The van der Waals surface area contributed by atoms with Crippen molar-refractivity contribution in [3.8, 4) is 0 Å². The fourth-order valence-corrected chi connectivity index (χ4v) is 2.36. The van der Waals surface area contributed by atoms with Gasteiger partial charge in [-0.05, 0) is 74.2 Å². The summed E-state index contributed by atoms with van der Waals surface area (Å²) in [6.45, 7) is 2.03. The topological polar surface area (TPSA) is 24.9 Å². The summed E-state index contributed by atoms with van der Waals surface area (Å²) in [6, 6.07) is 9.44. The first-order valence-corrected chi connectivity index (χ1v) is 7.00. The van der Waals surface area contributed by atoms with Crippen LogP contribution < -0.4 is 5.32 Å². The molecule has 0 aliphatic carbocycles. The van der Waals surface area contributed by atoms with Crippen molar-refractivity contribution in [2.75, 3.05) is 7.05 Å². The van der Waals surface area contributed by atoms with Crippen molar-refractivity contribution in [3.05, 3.63) is 65.2 Å². The van der Waals surface area contributed by atoms with Crippen LogP contribution in [-0.4, -0.2) is 18.1 Å². The summed E-state index contributed by atoms with van der Waals surface area (Å²) in [6.07, 6.45) is 6.52. The maximum absolute atomic E-state index is 13.3. The second-order valence-corrected chi connectivity index (χ2v) is 5.15. The largest absolute Gasteiger partial charge is 0.317 e. The summed E-state index contributed by atoms with van der Waals surface area (Å²) in [4.78, 5) is 4.02. The number of aromatic nitrogens is 1. The first-order valence-electron chi connectivity index (χ1n) is 7.00. The zero-order valence-electron chi connectivity index (χ0n) is 12.1. The van der Waals surface area contributed by atoms with Crippen LogP contribution in [0.5, 0.6) is 0 Å². The molecule has 0 spiro atoms. The van der Waals surface area contributed by atoms with Gasteiger partial charge in [-0.15, -0.1) is 0 Å². The third-order valence-corrected chi connectivity index (χ3v) is 3.72. The second kappa shape index (κ2) is 7.15. The van der Waals surface area contributed by atoms with Crippen LogP contribution in [0.3, 0.4) is 0 Å². The molecule has 2 rings (SSSR count). The lowest BCUT2D eigenvalue weighted by atomic mass is 9.97. The Morgan fingerprint density at radius 2 is 1.95 bits per heavy atom. The average molecular weight is 272 g/mol. The van der Waals surface area contributed by atoms with E-state index in [4.69, 9.17) is 0 Å². The molecule has 0 aliphatic heterocycles. The lowest BCUT2D eigenvalue weighted by molar-refractivity contribution is 0.517. The minimum absolute atomic E-state index is 0.158. The molecule has 0 saturated heterocycles. The molecule has 0 amide bonds. The number of benzene rings is 1. The van der Waals surface area contributed by atoms with Crippen LogP contribution in [0, 0.1) is 12.7 Å². The van der Waals surface area contributed by atoms with Crippen LogP contribution in [0.15, 0.2) is 42.7 Å². The van der Waals surface area contributed by atoms with Gasteiger partial charge < -0.3 is 5.32 Å². The highest BCUT2D eigenvalue weighted by molar-refractivity contribution is 5.27. The molecule has 1 atom stereocenters. The molecule has 106 valence electrons. The molecule has 1 unspecified atom stereocenters. The van der Waals surface area contributed by atoms with Crippen LogP contribution >= 0.6 is 0 Å². The fraction of sp³-hybridized carbons (Fsp3) is 0.353. The summed E-state index contributed by atoms with van der Waals surface area (Å²) in [7, 11) is 1.96. The fourth-order valence-electron chi connectivity index (χ4n) is 2.36. The van der Waals surface area contributed by atoms with Gasteiger partial charge in [0.25, 0.3) is 0 Å². The number of pyridine rings is 1. The first-order chi connectivity index (χ1) is 9.69. The monoisotopic (exact) mass is 272 g/mol. The second-order valence-electron chi connectivity index (χ2n) is 5.15. The molecule has 0 bridgehead atoms. The van der Waals surface area contributed by atoms with Crippen molar-refractivity contribution >= 4 is 0 Å². The maximum atomic E-state index is 13.3. The van der Waals surface area contributed by atoms with E-state index in [1.165, 1.54) is 11.6 Å². The van der Waals surface area contributed by atoms with E-state index in [2.05, 4.69) is 10.3 Å². The number of halogens is 1. The summed E-state index contributed by atoms with van der Waals surface area (Å²) in [5, 5.41) is 3.33. The van der Waals surface area contributed by atoms with E-state index < -0.39 is 0 Å². The highest BCUT2D eigenvalue weighted by Crippen LogP contribution is 2.15. The van der Waals surface area contributed by atoms with Crippen molar-refractivity contribution in [1.29, 1.82) is 0 Å². The number of nitrogens with zero attached hydrogens (tertiary/aromatic N) is 1. The molecule has 20 heavy (non-hydrogen) atoms. The number of rotatable bonds is 6. The number of likely N-dealkylation sites (N-methyl/N-ethyl adjacent to an activating group) is 1. The number of hydrogen-bond donors (Lipinski definition) is 1. The normalized spacial score (nSPS) is 12.3. The molecular weight excluding hydrogens is 251 g/mol. The molecule has 0 radical (unpaired) electrons. The highest BCUT2D eigenvalue weighted by atomic mass is 19.1. The first kappa shape index (κ1) is 14.7. The van der Waals surface area contributed by atoms with Gasteiger partial charge in [0.15, 0.2) is 0 Å². The molecule has 3 heteroatoms. The third kappa shape index (κ3) is 4.14. The maximum Gasteiger partial charge on any atom is 0.123 e. The Balaban J connectivity index is 1.97. The van der Waals surface area contributed by atoms with E-state index >= 15 is 0 Å². The summed E-state index contributed by atoms with van der Waals surface area (Å²) in [5.74, 6) is -0.158. The molecular formula is C17H21FN2. The molecule has 1 heterocycles. The van der Waals surface area contributed by atoms with Gasteiger partial charge in [-0.25, -0.2) is 4.39 Å². The lowest BCUT2D eigenvalue weighted by Gasteiger charge is -2.17. The van der Waals surface area contributed by atoms with Crippen molar-refractivity contribution in [1.82, 2.24) is 10.3 Å². The van der Waals surface area contributed by atoms with Crippen LogP contribution in [0.1, 0.15) is 23.1 Å². The number of hydrogen-bond acceptors (Lipinski definition) is 2. The zero-order chi connectivity index (χ0) is 14.4. The molecule has 1 aromatic heterocycles. The van der Waals surface area contributed by atoms with Gasteiger partial charge in [0, 0.05) is 18.4 Å². The van der Waals surface area contributed by atoms with Crippen molar-refractivity contribution < 1.29 is 4.39 Å². The Morgan fingerprint density at radius 3 is 2.65 bits per heavy atom. The van der Waals surface area contributed by atoms with E-state index in [1.54, 1.807) is 6.07 Å². The van der Waals surface area contributed by atoms with Crippen molar-refractivity contribution in [2.24, 2.45) is 0 Å². The molecule has 0 saturated carbocycles. The van der Waals surface area contributed by atoms with Crippen molar-refractivity contribution in [3.63, 3.8) is 0 Å². The Kier molecular flexibility index (Phi) is 5.24. The van der Waals surface area contributed by atoms with E-state index in [0.29, 0.717) is 6.04 Å². The average Bonchev–Trinajstić information content (AvgIpc) is 2.48. The SMILES string of the molecule is CNC(CCc1ccncc1)Cc1cc(F)ccc1C. The summed E-state index contributed by atoms with van der Waals surface area (Å²) < 4.78 is 13.3. The van der Waals surface area contributed by atoms with Gasteiger partial charge in [0.2, 0.25) is 0 Å². The minimum atomic E-state index is -0.158. The standard InChI is InChI=1S/C17H21FN2/c1-13-3-5-16(18)11-15(13)12-17(19-2)6-4-14-7-9-20-10-8-14/h3,5,7-11,17,19H,4,6,12H2,1-2H3. The Hall–Kier alpha value is -1.74. The van der Waals surface area contributed by atoms with Gasteiger partial charge in [-0.3, -0.25) is 4.98 Å². The van der Waals surface area contributed by atoms with Gasteiger partial charge in [0.1, 0.15) is 5.82 Å². The molecule has 1 N–H and O–H groups in total. The van der Waals surface area contributed by atoms with E-state index in [0.717, 1.165) is 30.4 Å². The Bertz CT molecular complexity index is 540. The quantitative estimate of drug-likeness (QED) is 0.873. The molecule has 2 nitrogen and oxygen atoms in total. The van der Waals surface area contributed by atoms with Gasteiger partial charge in [0.05, 0.1) is 0 Å². The van der Waals surface area contributed by atoms with Gasteiger partial charge in [-0.1, -0.05) is 6.07 Å². The molecule has 0 aliphatic rings. The predicted octanol–water partition coefficient (Wildman–Crippen LogP) is 3.29. The minimum Gasteiger partial charge on any atom is -0.317 e. The van der Waals surface area contributed by atoms with Crippen LogP contribution in [0.2, 0.25) is 0 Å². The Labute approximate surface area is 120 Å². The third-order valence-electron chi connectivity index (χ3n) is 3.72. The predicted molar refractivity (Wildman–Crippen MR) is 80.2 cm³/mol. The molecule has 0 fully saturated rings. The van der Waals surface area contributed by atoms with E-state index in [9.17, 15) is 4.39 Å². The number of nitrogens with one attached hydrogen (secondary N) is 1. The number of aryl methyl sites for hydroxylation is 2. The Morgan fingerprint density at radius 1 is 1.20 bits per heavy atom. The summed E-state index contributed by atoms with van der Waals surface area (Å²) >= 11 is 0.